The van der Waals surface area contributed by atoms with Crippen molar-refractivity contribution in [3.8, 4) is 17.2 Å². The number of carbonyl (C=O) groups excluding carboxylic acids is 5. The molecule has 69 heavy (non-hydrogen) atoms. The van der Waals surface area contributed by atoms with Crippen LogP contribution in [0.4, 0.5) is 17.5 Å². The molecule has 4 aliphatic heterocycles. The maximum absolute atomic E-state index is 13.5. The second-order valence-corrected chi connectivity index (χ2v) is 19.1. The van der Waals surface area contributed by atoms with Crippen molar-refractivity contribution in [3.63, 3.8) is 0 Å². The van der Waals surface area contributed by atoms with Gasteiger partial charge in [-0.2, -0.15) is 4.98 Å². The third kappa shape index (κ3) is 10.3. The van der Waals surface area contributed by atoms with Gasteiger partial charge in [-0.05, 0) is 101 Å². The Bertz CT molecular complexity index is 2550. The number of hydrogen-bond donors (Lipinski definition) is 3. The van der Waals surface area contributed by atoms with Crippen molar-refractivity contribution < 1.29 is 33.4 Å². The molecule has 18 heteroatoms. The first kappa shape index (κ1) is 47.6. The van der Waals surface area contributed by atoms with E-state index >= 15 is 0 Å². The Kier molecular flexibility index (Phi) is 14.8. The number of carbonyl (C=O) groups is 5. The first-order valence-electron chi connectivity index (χ1n) is 25.1. The Hall–Kier alpha value is -6.43. The van der Waals surface area contributed by atoms with Crippen LogP contribution in [0, 0.1) is 12.8 Å². The molecular weight excluding hydrogens is 879 g/mol. The first-order chi connectivity index (χ1) is 33.6. The summed E-state index contributed by atoms with van der Waals surface area (Å²) >= 11 is 0. The number of anilines is 3. The smallest absolute Gasteiger partial charge is 0.266 e. The summed E-state index contributed by atoms with van der Waals surface area (Å²) in [5.41, 5.74) is 2.49. The molecule has 6 heterocycles. The molecule has 2 aromatic heterocycles. The number of piperidine rings is 2. The van der Waals surface area contributed by atoms with Gasteiger partial charge in [0.2, 0.25) is 17.8 Å². The topological polar surface area (TPSA) is 206 Å². The van der Waals surface area contributed by atoms with Crippen LogP contribution in [0.2, 0.25) is 0 Å². The van der Waals surface area contributed by atoms with Gasteiger partial charge >= 0.3 is 0 Å². The Morgan fingerprint density at radius 1 is 0.884 bits per heavy atom. The number of rotatable bonds is 19. The molecule has 5 aliphatic rings. The molecule has 5 amide bonds. The second-order valence-electron chi connectivity index (χ2n) is 19.1. The van der Waals surface area contributed by atoms with Crippen LogP contribution in [0.5, 0.6) is 11.5 Å². The molecule has 9 rings (SSSR count). The van der Waals surface area contributed by atoms with Gasteiger partial charge in [-0.3, -0.25) is 38.8 Å². The molecule has 0 radical (unpaired) electrons. The Morgan fingerprint density at radius 2 is 1.67 bits per heavy atom. The van der Waals surface area contributed by atoms with Gasteiger partial charge in [-0.25, -0.2) is 4.98 Å². The predicted octanol–water partition coefficient (Wildman–Crippen LogP) is 6.98. The summed E-state index contributed by atoms with van der Waals surface area (Å²) in [6.45, 7) is 8.40. The Morgan fingerprint density at radius 3 is 2.43 bits per heavy atom. The summed E-state index contributed by atoms with van der Waals surface area (Å²) in [6, 6.07) is 9.52. The number of imide groups is 2. The van der Waals surface area contributed by atoms with E-state index in [0.29, 0.717) is 41.2 Å². The minimum Gasteiger partial charge on any atom is -0.495 e. The van der Waals surface area contributed by atoms with E-state index in [-0.39, 0.29) is 42.0 Å². The average Bonchev–Trinajstić information content (AvgIpc) is 3.87. The fraction of sp³-hybridized carbons (Fsp3) is 0.549. The lowest BCUT2D eigenvalue weighted by molar-refractivity contribution is -0.136. The van der Waals surface area contributed by atoms with Gasteiger partial charge < -0.3 is 29.9 Å². The molecule has 3 N–H and O–H groups in total. The van der Waals surface area contributed by atoms with Crippen molar-refractivity contribution in [1.29, 1.82) is 0 Å². The number of nitrogens with one attached hydrogen (secondary N) is 3. The number of amides is 5. The lowest BCUT2D eigenvalue weighted by atomic mass is 9.88. The average molecular weight is 944 g/mol. The molecule has 2 unspecified atom stereocenters. The number of aryl methyl sites for hydroxylation is 1. The lowest BCUT2D eigenvalue weighted by Crippen LogP contribution is -2.54. The quantitative estimate of drug-likeness (QED) is 0.0641. The highest BCUT2D eigenvalue weighted by Crippen LogP contribution is 2.41. The zero-order valence-corrected chi connectivity index (χ0v) is 40.1. The summed E-state index contributed by atoms with van der Waals surface area (Å²) < 4.78 is 13.9. The van der Waals surface area contributed by atoms with Crippen LogP contribution in [-0.2, 0) is 9.59 Å². The largest absolute Gasteiger partial charge is 0.495 e. The molecule has 18 nitrogen and oxygen atoms in total. The van der Waals surface area contributed by atoms with E-state index in [2.05, 4.69) is 47.4 Å². The van der Waals surface area contributed by atoms with Gasteiger partial charge in [0.05, 0.1) is 42.8 Å². The SMILES string of the molecule is CCC1c2nnc(C)n2-c2cnc(Nc3ccc(C(=O)NC4CCN(CCCCCCCCOc5cccc6c5C(=O)N(C5CCC(=O)NC5=O)C6=O)CC4)cc3OC)nc2N1CC1CCCCC1. The summed E-state index contributed by atoms with van der Waals surface area (Å²) in [6.07, 6.45) is 17.2. The van der Waals surface area contributed by atoms with Gasteiger partial charge in [0.1, 0.15) is 29.1 Å². The number of likely N-dealkylation sites (tertiary alicyclic amines) is 1. The fourth-order valence-electron chi connectivity index (χ4n) is 10.8. The standard InChI is InChI=1S/C51H65N11O7/c1-4-38-46-58-57-32(2)61(46)40-30-52-51(56-45(40)60(38)31-33-15-10-9-11-16-33)54-37-20-19-34(29-42(37)68-3)47(64)53-35-23-26-59(27-24-35)25-12-7-5-6-8-13-28-69-41-18-14-17-36-44(41)50(67)62(49(36)66)39-21-22-43(63)55-48(39)65/h14,17-20,29-30,33,35,38-39H,4-13,15-16,21-28,31H2,1-3H3,(H,53,64)(H,52,54,56)(H,55,63,65). The van der Waals surface area contributed by atoms with Crippen molar-refractivity contribution in [2.75, 3.05) is 50.1 Å². The monoisotopic (exact) mass is 944 g/mol. The summed E-state index contributed by atoms with van der Waals surface area (Å²) in [7, 11) is 1.60. The molecule has 3 fully saturated rings. The summed E-state index contributed by atoms with van der Waals surface area (Å²) in [5.74, 6) is 2.29. The van der Waals surface area contributed by atoms with Crippen molar-refractivity contribution >= 4 is 47.0 Å². The van der Waals surface area contributed by atoms with Gasteiger partial charge in [0.15, 0.2) is 11.6 Å². The van der Waals surface area contributed by atoms with Crippen LogP contribution < -0.4 is 30.3 Å². The molecule has 1 aliphatic carbocycles. The third-order valence-corrected chi connectivity index (χ3v) is 14.5. The number of benzene rings is 2. The second kappa shape index (κ2) is 21.5. The minimum absolute atomic E-state index is 0.0619. The first-order valence-corrected chi connectivity index (χ1v) is 25.1. The maximum Gasteiger partial charge on any atom is 0.266 e. The number of aromatic nitrogens is 5. The Balaban J connectivity index is 0.691. The number of fused-ring (bicyclic) bond motifs is 4. The van der Waals surface area contributed by atoms with Gasteiger partial charge in [-0.1, -0.05) is 57.9 Å². The van der Waals surface area contributed by atoms with E-state index in [4.69, 9.17) is 19.4 Å². The van der Waals surface area contributed by atoms with Crippen LogP contribution >= 0.6 is 0 Å². The minimum atomic E-state index is -1.01. The fourth-order valence-corrected chi connectivity index (χ4v) is 10.8. The summed E-state index contributed by atoms with van der Waals surface area (Å²) in [5, 5.41) is 17.9. The number of unbranched alkanes of at least 4 members (excludes halogenated alkanes) is 5. The highest BCUT2D eigenvalue weighted by Gasteiger charge is 2.46. The van der Waals surface area contributed by atoms with Crippen LogP contribution in [0.3, 0.4) is 0 Å². The van der Waals surface area contributed by atoms with E-state index in [1.807, 2.05) is 25.3 Å². The molecule has 1 saturated carbocycles. The van der Waals surface area contributed by atoms with Gasteiger partial charge in [0, 0.05) is 37.7 Å². The van der Waals surface area contributed by atoms with Crippen LogP contribution in [-0.4, -0.2) is 116 Å². The van der Waals surface area contributed by atoms with Gasteiger partial charge in [0.25, 0.3) is 17.7 Å². The predicted molar refractivity (Wildman–Crippen MR) is 258 cm³/mol. The molecule has 0 bridgehead atoms. The molecule has 0 spiro atoms. The number of methoxy groups -OCH3 is 1. The molecule has 2 saturated heterocycles. The molecule has 366 valence electrons. The molecular formula is C51H65N11O7. The normalized spacial score (nSPS) is 19.8. The van der Waals surface area contributed by atoms with Crippen LogP contribution in [0.15, 0.2) is 42.6 Å². The van der Waals surface area contributed by atoms with Crippen molar-refractivity contribution in [1.82, 2.24) is 45.2 Å². The highest BCUT2D eigenvalue weighted by atomic mass is 16.5. The van der Waals surface area contributed by atoms with E-state index in [1.54, 1.807) is 31.4 Å². The molecule has 2 aromatic carbocycles. The van der Waals surface area contributed by atoms with E-state index < -0.39 is 29.7 Å². The van der Waals surface area contributed by atoms with E-state index in [9.17, 15) is 24.0 Å². The molecule has 2 atom stereocenters. The number of hydrogen-bond acceptors (Lipinski definition) is 14. The highest BCUT2D eigenvalue weighted by molar-refractivity contribution is 6.24. The molecule has 4 aromatic rings. The zero-order valence-electron chi connectivity index (χ0n) is 40.1. The number of nitrogens with zero attached hydrogens (tertiary/aromatic N) is 8. The van der Waals surface area contributed by atoms with E-state index in [0.717, 1.165) is 112 Å². The lowest BCUT2D eigenvalue weighted by Gasteiger charge is -2.39. The van der Waals surface area contributed by atoms with Crippen LogP contribution in [0.25, 0.3) is 5.69 Å². The van der Waals surface area contributed by atoms with Crippen molar-refractivity contribution in [2.24, 2.45) is 5.92 Å². The van der Waals surface area contributed by atoms with E-state index in [1.165, 1.54) is 32.1 Å². The maximum atomic E-state index is 13.5. The zero-order chi connectivity index (χ0) is 48.0. The van der Waals surface area contributed by atoms with Crippen LogP contribution in [0.1, 0.15) is 158 Å². The number of ether oxygens (including phenoxy) is 2. The Labute approximate surface area is 403 Å². The summed E-state index contributed by atoms with van der Waals surface area (Å²) in [4.78, 5) is 79.7. The third-order valence-electron chi connectivity index (χ3n) is 14.5. The van der Waals surface area contributed by atoms with Crippen molar-refractivity contribution in [3.05, 3.63) is 70.9 Å². The van der Waals surface area contributed by atoms with Gasteiger partial charge in [-0.15, -0.1) is 10.2 Å². The van der Waals surface area contributed by atoms with Crippen molar-refractivity contribution in [2.45, 2.75) is 135 Å².